The highest BCUT2D eigenvalue weighted by atomic mass is 79.9. The first-order valence-corrected chi connectivity index (χ1v) is 8.16. The number of hydrogen-bond donors (Lipinski definition) is 1. The number of rotatable bonds is 3. The number of hydrogen-bond acceptors (Lipinski definition) is 2. The molecule has 2 aromatic carbocycles. The number of ether oxygens (including phenoxy) is 1. The maximum absolute atomic E-state index is 5.75. The zero-order chi connectivity index (χ0) is 14.1. The van der Waals surface area contributed by atoms with Crippen LogP contribution >= 0.6 is 31.9 Å². The zero-order valence-electron chi connectivity index (χ0n) is 11.2. The zero-order valence-corrected chi connectivity index (χ0v) is 14.3. The third-order valence-corrected chi connectivity index (χ3v) is 4.43. The van der Waals surface area contributed by atoms with E-state index in [9.17, 15) is 0 Å². The van der Waals surface area contributed by atoms with Gasteiger partial charge in [0.2, 0.25) is 0 Å². The molecule has 0 radical (unpaired) electrons. The van der Waals surface area contributed by atoms with Crippen molar-refractivity contribution >= 4 is 37.5 Å². The summed E-state index contributed by atoms with van der Waals surface area (Å²) >= 11 is 7.06. The molecule has 0 aliphatic carbocycles. The number of nitrogens with one attached hydrogen (secondary N) is 1. The van der Waals surface area contributed by atoms with Gasteiger partial charge in [-0.3, -0.25) is 0 Å². The predicted molar refractivity (Wildman–Crippen MR) is 89.5 cm³/mol. The summed E-state index contributed by atoms with van der Waals surface area (Å²) in [6.45, 7) is 3.66. The first-order valence-electron chi connectivity index (χ1n) is 6.57. The fourth-order valence-electron chi connectivity index (χ4n) is 2.49. The van der Waals surface area contributed by atoms with E-state index in [4.69, 9.17) is 4.74 Å². The summed E-state index contributed by atoms with van der Waals surface area (Å²) in [6.07, 6.45) is 0.999. The maximum Gasteiger partial charge on any atom is 0.127 e. The number of fused-ring (bicyclic) bond motifs is 1. The van der Waals surface area contributed by atoms with Crippen LogP contribution in [0.15, 0.2) is 39.3 Å². The van der Waals surface area contributed by atoms with Gasteiger partial charge in [0.1, 0.15) is 5.75 Å². The molecule has 0 bridgehead atoms. The molecule has 1 aliphatic rings. The Bertz CT molecular complexity index is 655. The Morgan fingerprint density at radius 2 is 2.00 bits per heavy atom. The van der Waals surface area contributed by atoms with Crippen LogP contribution in [0.2, 0.25) is 0 Å². The number of anilines is 1. The van der Waals surface area contributed by atoms with E-state index in [0.29, 0.717) is 0 Å². The van der Waals surface area contributed by atoms with Gasteiger partial charge in [0, 0.05) is 33.2 Å². The Morgan fingerprint density at radius 3 is 2.80 bits per heavy atom. The summed E-state index contributed by atoms with van der Waals surface area (Å²) in [7, 11) is 0. The number of benzene rings is 2. The summed E-state index contributed by atoms with van der Waals surface area (Å²) in [5.41, 5.74) is 4.88. The molecule has 20 heavy (non-hydrogen) atoms. The van der Waals surface area contributed by atoms with E-state index in [2.05, 4.69) is 74.4 Å². The second kappa shape index (κ2) is 5.78. The molecule has 0 amide bonds. The molecule has 0 unspecified atom stereocenters. The smallest absolute Gasteiger partial charge is 0.127 e. The van der Waals surface area contributed by atoms with E-state index >= 15 is 0 Å². The van der Waals surface area contributed by atoms with E-state index in [1.165, 1.54) is 16.7 Å². The van der Waals surface area contributed by atoms with E-state index in [-0.39, 0.29) is 0 Å². The molecule has 0 aromatic heterocycles. The average Bonchev–Trinajstić information content (AvgIpc) is 2.85. The van der Waals surface area contributed by atoms with Crippen molar-refractivity contribution in [1.29, 1.82) is 0 Å². The molecule has 0 fully saturated rings. The van der Waals surface area contributed by atoms with Gasteiger partial charge < -0.3 is 10.1 Å². The topological polar surface area (TPSA) is 21.3 Å². The van der Waals surface area contributed by atoms with Crippen molar-refractivity contribution in [2.75, 3.05) is 11.9 Å². The Kier molecular flexibility index (Phi) is 4.03. The lowest BCUT2D eigenvalue weighted by Gasteiger charge is -2.13. The fourth-order valence-corrected chi connectivity index (χ4v) is 3.52. The van der Waals surface area contributed by atoms with Crippen molar-refractivity contribution in [2.45, 2.75) is 19.9 Å². The molecule has 1 N–H and O–H groups in total. The first kappa shape index (κ1) is 14.0. The summed E-state index contributed by atoms with van der Waals surface area (Å²) in [6, 6.07) is 10.5. The van der Waals surface area contributed by atoms with Crippen LogP contribution in [0.25, 0.3) is 0 Å². The minimum atomic E-state index is 0.768. The summed E-state index contributed by atoms with van der Waals surface area (Å²) < 4.78 is 7.97. The lowest BCUT2D eigenvalue weighted by atomic mass is 10.1. The van der Waals surface area contributed by atoms with Gasteiger partial charge in [-0.1, -0.05) is 31.9 Å². The van der Waals surface area contributed by atoms with Crippen LogP contribution in [-0.4, -0.2) is 6.61 Å². The molecule has 1 heterocycles. The largest absolute Gasteiger partial charge is 0.493 e. The minimum absolute atomic E-state index is 0.768. The van der Waals surface area contributed by atoms with Crippen molar-refractivity contribution in [1.82, 2.24) is 0 Å². The normalized spacial score (nSPS) is 12.9. The van der Waals surface area contributed by atoms with Gasteiger partial charge >= 0.3 is 0 Å². The van der Waals surface area contributed by atoms with Crippen molar-refractivity contribution in [2.24, 2.45) is 0 Å². The third-order valence-electron chi connectivity index (χ3n) is 3.48. The highest BCUT2D eigenvalue weighted by Crippen LogP contribution is 2.33. The van der Waals surface area contributed by atoms with Gasteiger partial charge in [-0.25, -0.2) is 0 Å². The van der Waals surface area contributed by atoms with Crippen molar-refractivity contribution in [3.05, 3.63) is 56.0 Å². The van der Waals surface area contributed by atoms with Crippen LogP contribution < -0.4 is 10.1 Å². The molecular formula is C16H15Br2NO. The lowest BCUT2D eigenvalue weighted by molar-refractivity contribution is 0.354. The molecule has 0 saturated heterocycles. The molecule has 0 spiro atoms. The third kappa shape index (κ3) is 2.86. The molecule has 2 aromatic rings. The van der Waals surface area contributed by atoms with Crippen molar-refractivity contribution in [3.63, 3.8) is 0 Å². The molecular weight excluding hydrogens is 382 g/mol. The Labute approximate surface area is 135 Å². The van der Waals surface area contributed by atoms with Crippen LogP contribution in [0.1, 0.15) is 16.7 Å². The quantitative estimate of drug-likeness (QED) is 0.782. The average molecular weight is 397 g/mol. The highest BCUT2D eigenvalue weighted by Gasteiger charge is 2.17. The van der Waals surface area contributed by atoms with E-state index in [1.807, 2.05) is 0 Å². The lowest BCUT2D eigenvalue weighted by Crippen LogP contribution is -2.03. The molecule has 4 heteroatoms. The summed E-state index contributed by atoms with van der Waals surface area (Å²) in [5.74, 6) is 1.05. The monoisotopic (exact) mass is 395 g/mol. The first-order chi connectivity index (χ1) is 9.63. The van der Waals surface area contributed by atoms with Gasteiger partial charge in [0.05, 0.1) is 6.61 Å². The second-order valence-corrected chi connectivity index (χ2v) is 6.80. The van der Waals surface area contributed by atoms with Crippen LogP contribution in [0, 0.1) is 6.92 Å². The van der Waals surface area contributed by atoms with E-state index < -0.39 is 0 Å². The Morgan fingerprint density at radius 1 is 1.15 bits per heavy atom. The molecule has 0 atom stereocenters. The molecule has 104 valence electrons. The van der Waals surface area contributed by atoms with Gasteiger partial charge in [-0.15, -0.1) is 0 Å². The minimum Gasteiger partial charge on any atom is -0.493 e. The van der Waals surface area contributed by atoms with Crippen LogP contribution in [-0.2, 0) is 13.0 Å². The van der Waals surface area contributed by atoms with Crippen LogP contribution in [0.3, 0.4) is 0 Å². The van der Waals surface area contributed by atoms with Gasteiger partial charge in [-0.2, -0.15) is 0 Å². The molecule has 0 saturated carbocycles. The standard InChI is InChI=1S/C16H15Br2NO/c1-10-6-13(17)2-3-15(10)19-9-12-8-14(18)7-11-4-5-20-16(11)12/h2-3,6-8,19H,4-5,9H2,1H3. The Hall–Kier alpha value is -1.00. The fraction of sp³-hybridized carbons (Fsp3) is 0.250. The summed E-state index contributed by atoms with van der Waals surface area (Å²) in [5, 5.41) is 3.49. The van der Waals surface area contributed by atoms with Gasteiger partial charge in [0.15, 0.2) is 0 Å². The molecule has 1 aliphatic heterocycles. The van der Waals surface area contributed by atoms with Crippen LogP contribution in [0.5, 0.6) is 5.75 Å². The number of aryl methyl sites for hydroxylation is 1. The van der Waals surface area contributed by atoms with E-state index in [0.717, 1.165) is 40.0 Å². The number of halogens is 2. The Balaban J connectivity index is 1.82. The summed E-state index contributed by atoms with van der Waals surface area (Å²) in [4.78, 5) is 0. The molecule has 2 nitrogen and oxygen atoms in total. The second-order valence-electron chi connectivity index (χ2n) is 4.96. The van der Waals surface area contributed by atoms with Gasteiger partial charge in [-0.05, 0) is 48.4 Å². The van der Waals surface area contributed by atoms with Crippen LogP contribution in [0.4, 0.5) is 5.69 Å². The van der Waals surface area contributed by atoms with Crippen molar-refractivity contribution < 1.29 is 4.74 Å². The predicted octanol–water partition coefficient (Wildman–Crippen LogP) is 5.07. The SMILES string of the molecule is Cc1cc(Br)ccc1NCc1cc(Br)cc2c1OCC2. The van der Waals surface area contributed by atoms with Gasteiger partial charge in [0.25, 0.3) is 0 Å². The maximum atomic E-state index is 5.75. The van der Waals surface area contributed by atoms with Crippen molar-refractivity contribution in [3.8, 4) is 5.75 Å². The highest BCUT2D eigenvalue weighted by molar-refractivity contribution is 9.10. The van der Waals surface area contributed by atoms with E-state index in [1.54, 1.807) is 0 Å². The molecule has 3 rings (SSSR count).